The molecule has 140 valence electrons. The molecule has 2 heterocycles. The third-order valence-electron chi connectivity index (χ3n) is 5.01. The lowest BCUT2D eigenvalue weighted by molar-refractivity contribution is -0.147. The SMILES string of the molecule is O=C(O)C(F)(C1Cc2[nH]c3ccc(Cl)cc3c2C1)S(=O)(=O)c1cccnc1. The van der Waals surface area contributed by atoms with Crippen molar-refractivity contribution in [2.24, 2.45) is 5.92 Å². The van der Waals surface area contributed by atoms with Crippen LogP contribution in [-0.4, -0.2) is 34.5 Å². The lowest BCUT2D eigenvalue weighted by Gasteiger charge is -2.26. The molecule has 0 saturated carbocycles. The molecular weight excluding hydrogens is 395 g/mol. The maximum absolute atomic E-state index is 15.7. The number of hydrogen-bond donors (Lipinski definition) is 2. The van der Waals surface area contributed by atoms with Gasteiger partial charge in [0.15, 0.2) is 0 Å². The number of halogens is 2. The Labute approximate surface area is 158 Å². The molecule has 2 unspecified atom stereocenters. The summed E-state index contributed by atoms with van der Waals surface area (Å²) in [6.07, 6.45) is 2.22. The average molecular weight is 409 g/mol. The van der Waals surface area contributed by atoms with Gasteiger partial charge in [-0.15, -0.1) is 0 Å². The van der Waals surface area contributed by atoms with E-state index in [9.17, 15) is 18.3 Å². The average Bonchev–Trinajstić information content (AvgIpc) is 3.20. The van der Waals surface area contributed by atoms with Gasteiger partial charge in [-0.05, 0) is 48.7 Å². The zero-order valence-electron chi connectivity index (χ0n) is 13.8. The number of aromatic amines is 1. The number of hydrogen-bond acceptors (Lipinski definition) is 4. The highest BCUT2D eigenvalue weighted by Crippen LogP contribution is 2.44. The molecule has 0 saturated heterocycles. The summed E-state index contributed by atoms with van der Waals surface area (Å²) in [6.45, 7) is 0. The molecule has 27 heavy (non-hydrogen) atoms. The van der Waals surface area contributed by atoms with Gasteiger partial charge in [-0.25, -0.2) is 17.6 Å². The van der Waals surface area contributed by atoms with Crippen molar-refractivity contribution in [1.29, 1.82) is 0 Å². The third-order valence-corrected chi connectivity index (χ3v) is 7.40. The van der Waals surface area contributed by atoms with Gasteiger partial charge in [0.1, 0.15) is 0 Å². The number of sulfone groups is 1. The number of pyridine rings is 1. The normalized spacial score (nSPS) is 19.0. The number of carboxylic acids is 1. The number of carbonyl (C=O) groups is 1. The lowest BCUT2D eigenvalue weighted by Crippen LogP contribution is -2.49. The molecule has 2 atom stereocenters. The summed E-state index contributed by atoms with van der Waals surface area (Å²) < 4.78 is 41.4. The van der Waals surface area contributed by atoms with E-state index in [2.05, 4.69) is 9.97 Å². The molecule has 0 amide bonds. The molecule has 0 aliphatic heterocycles. The van der Waals surface area contributed by atoms with Crippen molar-refractivity contribution in [3.05, 3.63) is 59.0 Å². The summed E-state index contributed by atoms with van der Waals surface area (Å²) >= 11 is 6.02. The van der Waals surface area contributed by atoms with Crippen LogP contribution >= 0.6 is 11.6 Å². The molecule has 0 spiro atoms. The fourth-order valence-corrected chi connectivity index (χ4v) is 5.51. The highest BCUT2D eigenvalue weighted by molar-refractivity contribution is 7.93. The van der Waals surface area contributed by atoms with Crippen LogP contribution in [0.15, 0.2) is 47.6 Å². The first kappa shape index (κ1) is 17.9. The topological polar surface area (TPSA) is 100 Å². The minimum Gasteiger partial charge on any atom is -0.478 e. The van der Waals surface area contributed by atoms with Crippen LogP contribution in [0.25, 0.3) is 10.9 Å². The smallest absolute Gasteiger partial charge is 0.358 e. The quantitative estimate of drug-likeness (QED) is 0.690. The Morgan fingerprint density at radius 3 is 2.78 bits per heavy atom. The van der Waals surface area contributed by atoms with E-state index in [1.807, 2.05) is 0 Å². The van der Waals surface area contributed by atoms with Crippen molar-refractivity contribution >= 4 is 38.3 Å². The van der Waals surface area contributed by atoms with Crippen LogP contribution in [0.4, 0.5) is 4.39 Å². The van der Waals surface area contributed by atoms with Crippen molar-refractivity contribution in [3.63, 3.8) is 0 Å². The predicted octanol–water partition coefficient (Wildman–Crippen LogP) is 3.16. The van der Waals surface area contributed by atoms with Crippen LogP contribution in [0, 0.1) is 5.92 Å². The monoisotopic (exact) mass is 408 g/mol. The van der Waals surface area contributed by atoms with E-state index in [4.69, 9.17) is 11.6 Å². The van der Waals surface area contributed by atoms with Crippen molar-refractivity contribution in [1.82, 2.24) is 9.97 Å². The summed E-state index contributed by atoms with van der Waals surface area (Å²) in [6, 6.07) is 7.64. The Morgan fingerprint density at radius 1 is 1.33 bits per heavy atom. The van der Waals surface area contributed by atoms with E-state index in [-0.39, 0.29) is 12.8 Å². The molecule has 0 bridgehead atoms. The molecule has 1 aliphatic rings. The summed E-state index contributed by atoms with van der Waals surface area (Å²) in [5.41, 5.74) is 2.11. The van der Waals surface area contributed by atoms with Gasteiger partial charge in [0.05, 0.1) is 4.90 Å². The summed E-state index contributed by atoms with van der Waals surface area (Å²) in [4.78, 5) is 18.1. The number of nitrogens with zero attached hydrogens (tertiary/aromatic N) is 1. The maximum Gasteiger partial charge on any atom is 0.358 e. The summed E-state index contributed by atoms with van der Waals surface area (Å²) in [5, 5.41) is 7.32. The van der Waals surface area contributed by atoms with Crippen LogP contribution in [-0.2, 0) is 27.5 Å². The van der Waals surface area contributed by atoms with Gasteiger partial charge in [-0.3, -0.25) is 4.98 Å². The summed E-state index contributed by atoms with van der Waals surface area (Å²) in [5.74, 6) is -3.30. The Bertz CT molecular complexity index is 1160. The highest BCUT2D eigenvalue weighted by atomic mass is 35.5. The fraction of sp³-hybridized carbons (Fsp3) is 0.222. The molecule has 0 radical (unpaired) electrons. The molecule has 2 N–H and O–H groups in total. The number of fused-ring (bicyclic) bond motifs is 3. The second-order valence-corrected chi connectivity index (χ2v) is 9.03. The zero-order chi connectivity index (χ0) is 19.4. The van der Waals surface area contributed by atoms with E-state index in [0.717, 1.165) is 23.2 Å². The molecule has 9 heteroatoms. The number of carboxylic acid groups (broad SMARTS) is 1. The number of nitrogens with one attached hydrogen (secondary N) is 1. The van der Waals surface area contributed by atoms with E-state index in [1.54, 1.807) is 18.2 Å². The van der Waals surface area contributed by atoms with Crippen molar-refractivity contribution < 1.29 is 22.7 Å². The molecule has 2 aromatic heterocycles. The molecule has 3 aromatic rings. The Kier molecular flexibility index (Phi) is 4.01. The first-order valence-electron chi connectivity index (χ1n) is 8.11. The van der Waals surface area contributed by atoms with E-state index < -0.39 is 31.6 Å². The minimum absolute atomic E-state index is 0.0298. The second kappa shape index (κ2) is 6.03. The van der Waals surface area contributed by atoms with Gasteiger partial charge in [0.2, 0.25) is 9.84 Å². The summed E-state index contributed by atoms with van der Waals surface area (Å²) in [7, 11) is -4.81. The fourth-order valence-electron chi connectivity index (χ4n) is 3.70. The number of aliphatic carboxylic acids is 1. The highest BCUT2D eigenvalue weighted by Gasteiger charge is 2.60. The lowest BCUT2D eigenvalue weighted by atomic mass is 9.99. The van der Waals surface area contributed by atoms with Crippen LogP contribution in [0.5, 0.6) is 0 Å². The van der Waals surface area contributed by atoms with Crippen molar-refractivity contribution in [2.45, 2.75) is 22.7 Å². The van der Waals surface area contributed by atoms with Gasteiger partial charge in [0, 0.05) is 39.9 Å². The Balaban J connectivity index is 1.80. The maximum atomic E-state index is 15.7. The molecule has 1 aromatic carbocycles. The van der Waals surface area contributed by atoms with Gasteiger partial charge < -0.3 is 10.1 Å². The standard InChI is InChI=1S/C18H14ClFN2O4S/c19-11-3-4-15-14(8-11)13-6-10(7-16(13)22-15)18(20,17(23)24)27(25,26)12-2-1-5-21-9-12/h1-5,8-10,22H,6-7H2,(H,23,24). The Hall–Kier alpha value is -2.45. The second-order valence-electron chi connectivity index (χ2n) is 6.52. The van der Waals surface area contributed by atoms with Gasteiger partial charge in [-0.2, -0.15) is 0 Å². The Morgan fingerprint density at radius 2 is 2.11 bits per heavy atom. The van der Waals surface area contributed by atoms with Crippen LogP contribution in [0.2, 0.25) is 5.02 Å². The third kappa shape index (κ3) is 2.55. The number of rotatable bonds is 4. The molecule has 1 aliphatic carbocycles. The number of aromatic nitrogens is 2. The van der Waals surface area contributed by atoms with E-state index in [1.165, 1.54) is 12.3 Å². The molecular formula is C18H14ClFN2O4S. The predicted molar refractivity (Wildman–Crippen MR) is 97.1 cm³/mol. The van der Waals surface area contributed by atoms with E-state index >= 15 is 4.39 Å². The number of alkyl halides is 1. The molecule has 6 nitrogen and oxygen atoms in total. The van der Waals surface area contributed by atoms with Gasteiger partial charge >= 0.3 is 11.0 Å². The van der Waals surface area contributed by atoms with Crippen LogP contribution in [0.1, 0.15) is 11.3 Å². The van der Waals surface area contributed by atoms with Crippen LogP contribution in [0.3, 0.4) is 0 Å². The number of H-pyrrole nitrogens is 1. The van der Waals surface area contributed by atoms with Crippen molar-refractivity contribution in [3.8, 4) is 0 Å². The van der Waals surface area contributed by atoms with Gasteiger partial charge in [-0.1, -0.05) is 11.6 Å². The minimum atomic E-state index is -4.81. The first-order chi connectivity index (χ1) is 12.7. The first-order valence-corrected chi connectivity index (χ1v) is 9.97. The molecule has 0 fully saturated rings. The largest absolute Gasteiger partial charge is 0.478 e. The number of benzene rings is 1. The van der Waals surface area contributed by atoms with Crippen molar-refractivity contribution in [2.75, 3.05) is 0 Å². The van der Waals surface area contributed by atoms with Gasteiger partial charge in [0.25, 0.3) is 0 Å². The zero-order valence-corrected chi connectivity index (χ0v) is 15.4. The van der Waals surface area contributed by atoms with E-state index in [0.29, 0.717) is 16.3 Å². The molecule has 4 rings (SSSR count). The van der Waals surface area contributed by atoms with Crippen LogP contribution < -0.4 is 0 Å².